The highest BCUT2D eigenvalue weighted by Gasteiger charge is 2.22. The molecule has 0 saturated carbocycles. The van der Waals surface area contributed by atoms with Crippen molar-refractivity contribution in [2.75, 3.05) is 26.2 Å². The first-order valence-electron chi connectivity index (χ1n) is 10.7. The normalized spacial score (nSPS) is 12.4. The number of aromatic nitrogens is 1. The summed E-state index contributed by atoms with van der Waals surface area (Å²) in [5.41, 5.74) is -0.633. The Bertz CT molecular complexity index is 1160. The maximum absolute atomic E-state index is 13.0. The van der Waals surface area contributed by atoms with Gasteiger partial charge >= 0.3 is 6.09 Å². The van der Waals surface area contributed by atoms with Gasteiger partial charge in [0.1, 0.15) is 28.9 Å². The number of amides is 1. The van der Waals surface area contributed by atoms with Gasteiger partial charge in [0.15, 0.2) is 0 Å². The van der Waals surface area contributed by atoms with Crippen LogP contribution in [0.2, 0.25) is 5.02 Å². The molecule has 34 heavy (non-hydrogen) atoms. The molecule has 7 nitrogen and oxygen atoms in total. The van der Waals surface area contributed by atoms with Gasteiger partial charge in [0.2, 0.25) is 0 Å². The molecular formula is C24H27BrClN3O4S. The number of nitrogens with zero attached hydrogens (tertiary/aromatic N) is 2. The monoisotopic (exact) mass is 567 g/mol. The lowest BCUT2D eigenvalue weighted by molar-refractivity contribution is 0.0231. The second kappa shape index (κ2) is 12.0. The van der Waals surface area contributed by atoms with E-state index in [1.807, 2.05) is 39.0 Å². The highest BCUT2D eigenvalue weighted by atomic mass is 79.9. The van der Waals surface area contributed by atoms with E-state index >= 15 is 0 Å². The van der Waals surface area contributed by atoms with Crippen molar-refractivity contribution in [2.45, 2.75) is 31.3 Å². The third-order valence-corrected chi connectivity index (χ3v) is 6.50. The molecule has 0 aliphatic heterocycles. The smallest absolute Gasteiger partial charge is 0.410 e. The van der Waals surface area contributed by atoms with Gasteiger partial charge in [-0.15, -0.1) is 0 Å². The molecule has 0 spiro atoms. The van der Waals surface area contributed by atoms with E-state index in [0.717, 1.165) is 15.2 Å². The predicted molar refractivity (Wildman–Crippen MR) is 139 cm³/mol. The summed E-state index contributed by atoms with van der Waals surface area (Å²) >= 11 is 9.37. The van der Waals surface area contributed by atoms with Crippen molar-refractivity contribution >= 4 is 55.4 Å². The van der Waals surface area contributed by atoms with Crippen LogP contribution in [0.5, 0.6) is 5.75 Å². The van der Waals surface area contributed by atoms with E-state index in [9.17, 15) is 9.00 Å². The summed E-state index contributed by atoms with van der Waals surface area (Å²) in [5.74, 6) is 0.656. The van der Waals surface area contributed by atoms with Crippen molar-refractivity contribution in [3.63, 3.8) is 0 Å². The Hall–Kier alpha value is -2.20. The molecule has 1 heterocycles. The van der Waals surface area contributed by atoms with Gasteiger partial charge in [-0.2, -0.15) is 0 Å². The van der Waals surface area contributed by atoms with Crippen LogP contribution >= 0.6 is 27.5 Å². The van der Waals surface area contributed by atoms with E-state index in [4.69, 9.17) is 21.1 Å². The Labute approximate surface area is 215 Å². The van der Waals surface area contributed by atoms with E-state index in [0.29, 0.717) is 28.8 Å². The predicted octanol–water partition coefficient (Wildman–Crippen LogP) is 5.58. The number of benzene rings is 2. The maximum atomic E-state index is 13.0. The Morgan fingerprint density at radius 1 is 1.18 bits per heavy atom. The standard InChI is InChI=1S/C24H27BrClN3O4S/c1-24(2,3)33-23(30)29(12-13-32-20-6-4-19(26)5-7-20)11-10-28-34(31)22-15-18(25)14-17-16-27-9-8-21(17)22/h4-9,14-16,28H,10-13H2,1-3H3. The third kappa shape index (κ3) is 7.94. The summed E-state index contributed by atoms with van der Waals surface area (Å²) in [7, 11) is -1.48. The summed E-state index contributed by atoms with van der Waals surface area (Å²) in [4.78, 5) is 19.0. The lowest BCUT2D eigenvalue weighted by Crippen LogP contribution is -2.42. The van der Waals surface area contributed by atoms with E-state index in [2.05, 4.69) is 25.6 Å². The van der Waals surface area contributed by atoms with E-state index in [-0.39, 0.29) is 13.2 Å². The Kier molecular flexibility index (Phi) is 9.30. The molecule has 0 aliphatic rings. The fourth-order valence-corrected chi connectivity index (χ4v) is 4.87. The average Bonchev–Trinajstić information content (AvgIpc) is 2.77. The summed E-state index contributed by atoms with van der Waals surface area (Å²) in [5, 5.41) is 2.36. The molecule has 0 saturated heterocycles. The fraction of sp³-hybridized carbons (Fsp3) is 0.333. The number of fused-ring (bicyclic) bond motifs is 1. The molecule has 1 amide bonds. The number of hydrogen-bond donors (Lipinski definition) is 1. The molecule has 1 unspecified atom stereocenters. The Balaban J connectivity index is 1.62. The minimum Gasteiger partial charge on any atom is -0.492 e. The molecule has 1 N–H and O–H groups in total. The van der Waals surface area contributed by atoms with Crippen molar-refractivity contribution in [3.05, 3.63) is 64.4 Å². The van der Waals surface area contributed by atoms with Gasteiger partial charge in [0.05, 0.1) is 11.4 Å². The first kappa shape index (κ1) is 26.4. The van der Waals surface area contributed by atoms with Crippen LogP contribution in [0.25, 0.3) is 10.8 Å². The minimum atomic E-state index is -1.48. The summed E-state index contributed by atoms with van der Waals surface area (Å²) in [6.45, 7) is 6.60. The molecule has 0 fully saturated rings. The van der Waals surface area contributed by atoms with Gasteiger partial charge in [-0.25, -0.2) is 13.7 Å². The van der Waals surface area contributed by atoms with Crippen molar-refractivity contribution in [3.8, 4) is 5.75 Å². The molecule has 3 aromatic rings. The summed E-state index contributed by atoms with van der Waals surface area (Å²) in [6.07, 6.45) is 2.94. The van der Waals surface area contributed by atoms with Crippen molar-refractivity contribution < 1.29 is 18.5 Å². The molecule has 1 atom stereocenters. The summed E-state index contributed by atoms with van der Waals surface area (Å²) < 4.78 is 28.1. The molecule has 182 valence electrons. The Morgan fingerprint density at radius 3 is 2.62 bits per heavy atom. The van der Waals surface area contributed by atoms with Crippen LogP contribution in [0.4, 0.5) is 4.79 Å². The lowest BCUT2D eigenvalue weighted by atomic mass is 10.2. The summed E-state index contributed by atoms with van der Waals surface area (Å²) in [6, 6.07) is 12.6. The van der Waals surface area contributed by atoms with Gasteiger partial charge in [0.25, 0.3) is 0 Å². The molecule has 3 rings (SSSR count). The highest BCUT2D eigenvalue weighted by Crippen LogP contribution is 2.25. The van der Waals surface area contributed by atoms with Gasteiger partial charge in [-0.05, 0) is 63.2 Å². The number of hydrogen-bond acceptors (Lipinski definition) is 5. The van der Waals surface area contributed by atoms with Crippen LogP contribution in [-0.4, -0.2) is 52.0 Å². The molecule has 10 heteroatoms. The van der Waals surface area contributed by atoms with E-state index < -0.39 is 22.7 Å². The first-order chi connectivity index (χ1) is 16.1. The van der Waals surface area contributed by atoms with Crippen molar-refractivity contribution in [1.82, 2.24) is 14.6 Å². The highest BCUT2D eigenvalue weighted by molar-refractivity contribution is 9.10. The average molecular weight is 569 g/mol. The van der Waals surface area contributed by atoms with Crippen LogP contribution in [0.1, 0.15) is 20.8 Å². The minimum absolute atomic E-state index is 0.271. The van der Waals surface area contributed by atoms with Crippen molar-refractivity contribution in [1.29, 1.82) is 0 Å². The van der Waals surface area contributed by atoms with E-state index in [1.54, 1.807) is 36.7 Å². The maximum Gasteiger partial charge on any atom is 0.410 e. The zero-order valence-electron chi connectivity index (χ0n) is 19.2. The molecular weight excluding hydrogens is 542 g/mol. The zero-order valence-corrected chi connectivity index (χ0v) is 22.4. The number of ether oxygens (including phenoxy) is 2. The molecule has 2 aromatic carbocycles. The Morgan fingerprint density at radius 2 is 1.91 bits per heavy atom. The van der Waals surface area contributed by atoms with Gasteiger partial charge in [-0.3, -0.25) is 4.98 Å². The number of pyridine rings is 1. The number of carbonyl (C=O) groups is 1. The SMILES string of the molecule is CC(C)(C)OC(=O)N(CCNS(=O)c1cc(Br)cc2cnccc12)CCOc1ccc(Cl)cc1. The number of nitrogens with one attached hydrogen (secondary N) is 1. The number of carbonyl (C=O) groups excluding carboxylic acids is 1. The first-order valence-corrected chi connectivity index (χ1v) is 13.0. The largest absolute Gasteiger partial charge is 0.492 e. The van der Waals surface area contributed by atoms with E-state index in [1.165, 1.54) is 4.90 Å². The van der Waals surface area contributed by atoms with Gasteiger partial charge in [0, 0.05) is 45.8 Å². The van der Waals surface area contributed by atoms with Gasteiger partial charge in [-0.1, -0.05) is 27.5 Å². The molecule has 0 radical (unpaired) electrons. The molecule has 1 aromatic heterocycles. The van der Waals surface area contributed by atoms with Crippen LogP contribution in [0, 0.1) is 0 Å². The van der Waals surface area contributed by atoms with Gasteiger partial charge < -0.3 is 14.4 Å². The number of halogens is 2. The third-order valence-electron chi connectivity index (χ3n) is 4.59. The zero-order chi connectivity index (χ0) is 24.7. The van der Waals surface area contributed by atoms with Crippen LogP contribution in [-0.2, 0) is 15.7 Å². The van der Waals surface area contributed by atoms with Crippen molar-refractivity contribution in [2.24, 2.45) is 0 Å². The second-order valence-corrected chi connectivity index (χ2v) is 11.1. The topological polar surface area (TPSA) is 80.8 Å². The van der Waals surface area contributed by atoms with Crippen LogP contribution < -0.4 is 9.46 Å². The second-order valence-electron chi connectivity index (χ2n) is 8.43. The quantitative estimate of drug-likeness (QED) is 0.365. The molecule has 0 bridgehead atoms. The van der Waals surface area contributed by atoms with Crippen LogP contribution in [0.15, 0.2) is 64.2 Å². The fourth-order valence-electron chi connectivity index (χ4n) is 3.07. The number of rotatable bonds is 9. The lowest BCUT2D eigenvalue weighted by Gasteiger charge is -2.27. The molecule has 0 aliphatic carbocycles. The van der Waals surface area contributed by atoms with Crippen LogP contribution in [0.3, 0.4) is 0 Å².